The summed E-state index contributed by atoms with van der Waals surface area (Å²) < 4.78 is 5.30. The lowest BCUT2D eigenvalue weighted by Crippen LogP contribution is -2.50. The number of rotatable bonds is 4. The number of carboxylic acids is 1. The Bertz CT molecular complexity index is 278. The lowest BCUT2D eigenvalue weighted by Gasteiger charge is -2.19. The highest BCUT2D eigenvalue weighted by molar-refractivity contribution is 5.86. The van der Waals surface area contributed by atoms with E-state index in [0.29, 0.717) is 6.42 Å². The SMILES string of the molecule is CC1CCC(C(=O)NC(C(=O)O)C(C)O)O1. The predicted octanol–water partition coefficient (Wildman–Crippen LogP) is -0.496. The summed E-state index contributed by atoms with van der Waals surface area (Å²) >= 11 is 0. The Hall–Kier alpha value is -1.14. The lowest BCUT2D eigenvalue weighted by atomic mass is 10.1. The third kappa shape index (κ3) is 3.18. The van der Waals surface area contributed by atoms with Crippen molar-refractivity contribution in [3.63, 3.8) is 0 Å². The van der Waals surface area contributed by atoms with Crippen molar-refractivity contribution in [3.05, 3.63) is 0 Å². The molecule has 92 valence electrons. The summed E-state index contributed by atoms with van der Waals surface area (Å²) in [7, 11) is 0. The number of nitrogens with one attached hydrogen (secondary N) is 1. The van der Waals surface area contributed by atoms with E-state index in [0.717, 1.165) is 6.42 Å². The number of carboxylic acid groups (broad SMARTS) is 1. The Morgan fingerprint density at radius 3 is 2.44 bits per heavy atom. The zero-order valence-electron chi connectivity index (χ0n) is 9.34. The number of aliphatic hydroxyl groups is 1. The van der Waals surface area contributed by atoms with Gasteiger partial charge in [0.05, 0.1) is 12.2 Å². The Morgan fingerprint density at radius 2 is 2.06 bits per heavy atom. The number of carbonyl (C=O) groups is 2. The van der Waals surface area contributed by atoms with Crippen LogP contribution in [0.4, 0.5) is 0 Å². The van der Waals surface area contributed by atoms with Crippen LogP contribution in [0.2, 0.25) is 0 Å². The summed E-state index contributed by atoms with van der Waals surface area (Å²) in [6.45, 7) is 3.17. The first-order valence-corrected chi connectivity index (χ1v) is 5.28. The second kappa shape index (κ2) is 5.27. The molecule has 0 bridgehead atoms. The fourth-order valence-electron chi connectivity index (χ4n) is 1.63. The molecular weight excluding hydrogens is 214 g/mol. The molecule has 1 aliphatic rings. The smallest absolute Gasteiger partial charge is 0.328 e. The molecule has 1 amide bonds. The Morgan fingerprint density at radius 1 is 1.44 bits per heavy atom. The molecule has 1 heterocycles. The molecule has 0 radical (unpaired) electrons. The Kier molecular flexibility index (Phi) is 4.26. The molecule has 0 spiro atoms. The summed E-state index contributed by atoms with van der Waals surface area (Å²) in [5, 5.41) is 20.2. The van der Waals surface area contributed by atoms with Gasteiger partial charge >= 0.3 is 5.97 Å². The van der Waals surface area contributed by atoms with E-state index < -0.39 is 30.1 Å². The minimum Gasteiger partial charge on any atom is -0.480 e. The second-order valence-corrected chi connectivity index (χ2v) is 4.08. The van der Waals surface area contributed by atoms with E-state index in [1.54, 1.807) is 0 Å². The van der Waals surface area contributed by atoms with Crippen LogP contribution < -0.4 is 5.32 Å². The van der Waals surface area contributed by atoms with E-state index in [2.05, 4.69) is 5.32 Å². The van der Waals surface area contributed by atoms with Crippen molar-refractivity contribution >= 4 is 11.9 Å². The second-order valence-electron chi connectivity index (χ2n) is 4.08. The quantitative estimate of drug-likeness (QED) is 0.606. The molecule has 4 atom stereocenters. The third-order valence-corrected chi connectivity index (χ3v) is 2.57. The normalized spacial score (nSPS) is 28.4. The zero-order chi connectivity index (χ0) is 12.3. The first kappa shape index (κ1) is 12.9. The van der Waals surface area contributed by atoms with Gasteiger partial charge in [0.1, 0.15) is 6.10 Å². The van der Waals surface area contributed by atoms with E-state index >= 15 is 0 Å². The molecule has 6 nitrogen and oxygen atoms in total. The van der Waals surface area contributed by atoms with Crippen molar-refractivity contribution in [3.8, 4) is 0 Å². The molecular formula is C10H17NO5. The van der Waals surface area contributed by atoms with Crippen LogP contribution in [0.15, 0.2) is 0 Å². The predicted molar refractivity (Wildman–Crippen MR) is 54.8 cm³/mol. The highest BCUT2D eigenvalue weighted by Gasteiger charge is 2.32. The van der Waals surface area contributed by atoms with Gasteiger partial charge in [-0.2, -0.15) is 0 Å². The molecule has 1 fully saturated rings. The summed E-state index contributed by atoms with van der Waals surface area (Å²) in [6.07, 6.45) is -0.356. The van der Waals surface area contributed by atoms with Crippen molar-refractivity contribution in [2.75, 3.05) is 0 Å². The van der Waals surface area contributed by atoms with Crippen LogP contribution in [-0.4, -0.2) is 46.4 Å². The molecule has 4 unspecified atom stereocenters. The van der Waals surface area contributed by atoms with Crippen LogP contribution >= 0.6 is 0 Å². The van der Waals surface area contributed by atoms with Crippen molar-refractivity contribution in [1.82, 2.24) is 5.32 Å². The van der Waals surface area contributed by atoms with Crippen LogP contribution in [0.25, 0.3) is 0 Å². The van der Waals surface area contributed by atoms with Crippen LogP contribution in [0.3, 0.4) is 0 Å². The van der Waals surface area contributed by atoms with Crippen LogP contribution in [0.1, 0.15) is 26.7 Å². The summed E-state index contributed by atoms with van der Waals surface area (Å²) in [5.41, 5.74) is 0. The van der Waals surface area contributed by atoms with Gasteiger partial charge in [-0.25, -0.2) is 4.79 Å². The van der Waals surface area contributed by atoms with Crippen LogP contribution in [-0.2, 0) is 14.3 Å². The molecule has 3 N–H and O–H groups in total. The number of amides is 1. The maximum atomic E-state index is 11.6. The van der Waals surface area contributed by atoms with Gasteiger partial charge in [-0.3, -0.25) is 4.79 Å². The molecule has 16 heavy (non-hydrogen) atoms. The maximum Gasteiger partial charge on any atom is 0.328 e. The molecule has 0 aromatic carbocycles. The van der Waals surface area contributed by atoms with E-state index in [4.69, 9.17) is 9.84 Å². The standard InChI is InChI=1S/C10H17NO5/c1-5-3-4-7(16-5)9(13)11-8(6(2)12)10(14)15/h5-8,12H,3-4H2,1-2H3,(H,11,13)(H,14,15). The van der Waals surface area contributed by atoms with Crippen molar-refractivity contribution < 1.29 is 24.5 Å². The number of hydrogen-bond acceptors (Lipinski definition) is 4. The minimum absolute atomic E-state index is 0.0191. The number of carbonyl (C=O) groups excluding carboxylic acids is 1. The molecule has 1 aliphatic heterocycles. The molecule has 1 saturated heterocycles. The highest BCUT2D eigenvalue weighted by Crippen LogP contribution is 2.19. The van der Waals surface area contributed by atoms with Gasteiger partial charge in [0, 0.05) is 0 Å². The number of aliphatic carboxylic acids is 1. The third-order valence-electron chi connectivity index (χ3n) is 2.57. The van der Waals surface area contributed by atoms with Gasteiger partial charge in [-0.1, -0.05) is 0 Å². The van der Waals surface area contributed by atoms with Crippen molar-refractivity contribution in [2.24, 2.45) is 0 Å². The van der Waals surface area contributed by atoms with Crippen LogP contribution in [0.5, 0.6) is 0 Å². The van der Waals surface area contributed by atoms with E-state index in [1.165, 1.54) is 6.92 Å². The van der Waals surface area contributed by atoms with Crippen molar-refractivity contribution in [1.29, 1.82) is 0 Å². The van der Waals surface area contributed by atoms with Gasteiger partial charge in [-0.15, -0.1) is 0 Å². The molecule has 0 saturated carbocycles. The summed E-state index contributed by atoms with van der Waals surface area (Å²) in [5.74, 6) is -1.73. The fourth-order valence-corrected chi connectivity index (χ4v) is 1.63. The molecule has 0 aromatic rings. The van der Waals surface area contributed by atoms with Gasteiger partial charge in [0.25, 0.3) is 0 Å². The van der Waals surface area contributed by atoms with Crippen LogP contribution in [0, 0.1) is 0 Å². The van der Waals surface area contributed by atoms with E-state index in [1.807, 2.05) is 6.92 Å². The fraction of sp³-hybridized carbons (Fsp3) is 0.800. The first-order chi connectivity index (χ1) is 7.41. The molecule has 0 aromatic heterocycles. The van der Waals surface area contributed by atoms with Gasteiger partial charge in [0.2, 0.25) is 5.91 Å². The van der Waals surface area contributed by atoms with E-state index in [9.17, 15) is 14.7 Å². The van der Waals surface area contributed by atoms with E-state index in [-0.39, 0.29) is 6.10 Å². The Balaban J connectivity index is 2.52. The number of ether oxygens (including phenoxy) is 1. The summed E-state index contributed by atoms with van der Waals surface area (Å²) in [6, 6.07) is -1.29. The lowest BCUT2D eigenvalue weighted by molar-refractivity contribution is -0.147. The minimum atomic E-state index is -1.29. The maximum absolute atomic E-state index is 11.6. The topological polar surface area (TPSA) is 95.9 Å². The highest BCUT2D eigenvalue weighted by atomic mass is 16.5. The van der Waals surface area contributed by atoms with Gasteiger partial charge < -0.3 is 20.3 Å². The molecule has 0 aliphatic carbocycles. The average Bonchev–Trinajstić information content (AvgIpc) is 2.59. The zero-order valence-corrected chi connectivity index (χ0v) is 9.34. The van der Waals surface area contributed by atoms with Gasteiger partial charge in [-0.05, 0) is 26.7 Å². The largest absolute Gasteiger partial charge is 0.480 e. The first-order valence-electron chi connectivity index (χ1n) is 5.28. The molecule has 1 rings (SSSR count). The average molecular weight is 231 g/mol. The molecule has 6 heteroatoms. The van der Waals surface area contributed by atoms with Crippen molar-refractivity contribution in [2.45, 2.75) is 51.0 Å². The number of aliphatic hydroxyl groups excluding tert-OH is 1. The summed E-state index contributed by atoms with van der Waals surface area (Å²) in [4.78, 5) is 22.3. The number of hydrogen-bond donors (Lipinski definition) is 3. The monoisotopic (exact) mass is 231 g/mol. The Labute approximate surface area is 93.6 Å². The van der Waals surface area contributed by atoms with Gasteiger partial charge in [0.15, 0.2) is 6.04 Å².